The zero-order valence-corrected chi connectivity index (χ0v) is 64.8. The van der Waals surface area contributed by atoms with Crippen LogP contribution in [0.4, 0.5) is 0 Å². The number of aliphatic hydroxyl groups excluding tert-OH is 1. The maximum atomic E-state index is 13.1. The zero-order chi connectivity index (χ0) is 71.8. The van der Waals surface area contributed by atoms with Gasteiger partial charge in [-0.1, -0.05) is 295 Å². The van der Waals surface area contributed by atoms with Crippen LogP contribution in [0.25, 0.3) is 0 Å². The van der Waals surface area contributed by atoms with Gasteiger partial charge in [-0.25, -0.2) is 9.13 Å². The number of carbonyl (C=O) groups is 4. The summed E-state index contributed by atoms with van der Waals surface area (Å²) in [5.41, 5.74) is 0. The summed E-state index contributed by atoms with van der Waals surface area (Å²) in [6.07, 6.45) is 68.3. The third-order valence-corrected chi connectivity index (χ3v) is 19.5. The summed E-state index contributed by atoms with van der Waals surface area (Å²) in [7, 11) is -9.93. The number of phosphoric acid groups is 2. The molecule has 0 aromatic heterocycles. The van der Waals surface area contributed by atoms with Crippen molar-refractivity contribution in [2.24, 2.45) is 0 Å². The molecule has 0 aromatic carbocycles. The van der Waals surface area contributed by atoms with Gasteiger partial charge in [0.2, 0.25) is 0 Å². The van der Waals surface area contributed by atoms with Gasteiger partial charge in [-0.2, -0.15) is 0 Å². The van der Waals surface area contributed by atoms with Crippen LogP contribution in [0.3, 0.4) is 0 Å². The van der Waals surface area contributed by atoms with Crippen molar-refractivity contribution >= 4 is 39.5 Å². The molecule has 0 spiro atoms. The molecule has 0 heterocycles. The van der Waals surface area contributed by atoms with Gasteiger partial charge in [-0.05, 0) is 103 Å². The van der Waals surface area contributed by atoms with Gasteiger partial charge >= 0.3 is 39.5 Å². The minimum absolute atomic E-state index is 0.0947. The van der Waals surface area contributed by atoms with Gasteiger partial charge in [0.05, 0.1) is 26.4 Å². The summed E-state index contributed by atoms with van der Waals surface area (Å²) in [6, 6.07) is 0. The minimum Gasteiger partial charge on any atom is -0.462 e. The van der Waals surface area contributed by atoms with Crippen LogP contribution >= 0.6 is 15.6 Å². The third-order valence-electron chi connectivity index (χ3n) is 17.6. The van der Waals surface area contributed by atoms with E-state index in [1.165, 1.54) is 148 Å². The molecule has 5 atom stereocenters. The van der Waals surface area contributed by atoms with Crippen LogP contribution in [0.1, 0.15) is 387 Å². The first-order valence-electron chi connectivity index (χ1n) is 40.2. The molecule has 0 aliphatic rings. The fourth-order valence-corrected chi connectivity index (χ4v) is 13.0. The Morgan fingerprint density at radius 3 is 0.714 bits per heavy atom. The number of carbonyl (C=O) groups excluding carboxylic acids is 4. The molecule has 0 bridgehead atoms. The largest absolute Gasteiger partial charge is 0.472 e. The van der Waals surface area contributed by atoms with Crippen LogP contribution in [0, 0.1) is 0 Å². The van der Waals surface area contributed by atoms with Gasteiger partial charge < -0.3 is 33.8 Å². The topological polar surface area (TPSA) is 237 Å². The Morgan fingerprint density at radius 1 is 0.276 bits per heavy atom. The molecular formula is C79H148O17P2. The van der Waals surface area contributed by atoms with Crippen molar-refractivity contribution in [2.45, 2.75) is 406 Å². The third kappa shape index (κ3) is 71.7. The molecule has 2 unspecified atom stereocenters. The Bertz CT molecular complexity index is 2000. The van der Waals surface area contributed by atoms with Crippen LogP contribution in [0.15, 0.2) is 36.5 Å². The van der Waals surface area contributed by atoms with Gasteiger partial charge in [-0.15, -0.1) is 0 Å². The molecule has 0 aliphatic carbocycles. The Morgan fingerprint density at radius 2 is 0.469 bits per heavy atom. The number of unbranched alkanes of at least 4 members (excludes halogenated alkanes) is 45. The van der Waals surface area contributed by atoms with Crippen LogP contribution in [-0.4, -0.2) is 96.7 Å². The molecule has 0 radical (unpaired) electrons. The van der Waals surface area contributed by atoms with Crippen molar-refractivity contribution in [3.63, 3.8) is 0 Å². The Kier molecular flexibility index (Phi) is 70.6. The second-order valence-corrected chi connectivity index (χ2v) is 30.3. The summed E-state index contributed by atoms with van der Waals surface area (Å²) in [5, 5.41) is 10.6. The number of esters is 4. The molecular weight excluding hydrogens is 1280 g/mol. The number of aliphatic hydroxyl groups is 1. The molecule has 0 saturated heterocycles. The van der Waals surface area contributed by atoms with Gasteiger partial charge in [-0.3, -0.25) is 37.3 Å². The summed E-state index contributed by atoms with van der Waals surface area (Å²) in [6.45, 7) is 4.92. The highest BCUT2D eigenvalue weighted by molar-refractivity contribution is 7.47. The summed E-state index contributed by atoms with van der Waals surface area (Å²) < 4.78 is 68.6. The number of allylic oxidation sites excluding steroid dienone is 6. The number of ether oxygens (including phenoxy) is 4. The van der Waals surface area contributed by atoms with Crippen LogP contribution in [0.5, 0.6) is 0 Å². The molecule has 19 heteroatoms. The van der Waals surface area contributed by atoms with Crippen LogP contribution in [0.2, 0.25) is 0 Å². The molecule has 576 valence electrons. The maximum absolute atomic E-state index is 13.1. The second kappa shape index (κ2) is 72.6. The number of hydrogen-bond acceptors (Lipinski definition) is 15. The van der Waals surface area contributed by atoms with E-state index >= 15 is 0 Å². The highest BCUT2D eigenvalue weighted by atomic mass is 31.2. The molecule has 3 N–H and O–H groups in total. The Hall–Kier alpha value is -2.72. The van der Waals surface area contributed by atoms with E-state index in [1.54, 1.807) is 0 Å². The van der Waals surface area contributed by atoms with E-state index in [1.807, 2.05) is 0 Å². The average molecular weight is 1430 g/mol. The van der Waals surface area contributed by atoms with E-state index in [9.17, 15) is 43.2 Å². The smallest absolute Gasteiger partial charge is 0.462 e. The summed E-state index contributed by atoms with van der Waals surface area (Å²) >= 11 is 0. The highest BCUT2D eigenvalue weighted by Gasteiger charge is 2.30. The van der Waals surface area contributed by atoms with Crippen LogP contribution in [-0.2, 0) is 65.4 Å². The quantitative estimate of drug-likeness (QED) is 0.0169. The van der Waals surface area contributed by atoms with E-state index in [4.69, 9.17) is 37.0 Å². The molecule has 17 nitrogen and oxygen atoms in total. The van der Waals surface area contributed by atoms with E-state index in [0.29, 0.717) is 25.7 Å². The number of phosphoric ester groups is 2. The van der Waals surface area contributed by atoms with E-state index in [2.05, 4.69) is 64.2 Å². The fourth-order valence-electron chi connectivity index (χ4n) is 11.4. The van der Waals surface area contributed by atoms with Crippen molar-refractivity contribution in [1.82, 2.24) is 0 Å². The second-order valence-electron chi connectivity index (χ2n) is 27.4. The maximum Gasteiger partial charge on any atom is 0.472 e. The lowest BCUT2D eigenvalue weighted by Crippen LogP contribution is -2.30. The first-order valence-corrected chi connectivity index (χ1v) is 43.2. The summed E-state index contributed by atoms with van der Waals surface area (Å²) in [5.74, 6) is -2.15. The zero-order valence-electron chi connectivity index (χ0n) is 63.0. The van der Waals surface area contributed by atoms with Crippen molar-refractivity contribution in [3.8, 4) is 0 Å². The number of hydrogen-bond donors (Lipinski definition) is 3. The summed E-state index contributed by atoms with van der Waals surface area (Å²) in [4.78, 5) is 72.9. The lowest BCUT2D eigenvalue weighted by Gasteiger charge is -2.21. The first-order chi connectivity index (χ1) is 47.7. The first kappa shape index (κ1) is 95.3. The fraction of sp³-hybridized carbons (Fsp3) is 0.873. The van der Waals surface area contributed by atoms with E-state index in [-0.39, 0.29) is 25.7 Å². The van der Waals surface area contributed by atoms with Gasteiger partial charge in [0.15, 0.2) is 12.2 Å². The Balaban J connectivity index is 5.31. The highest BCUT2D eigenvalue weighted by Crippen LogP contribution is 2.45. The van der Waals surface area contributed by atoms with Crippen molar-refractivity contribution in [3.05, 3.63) is 36.5 Å². The monoisotopic (exact) mass is 1430 g/mol. The molecule has 0 aliphatic heterocycles. The average Bonchev–Trinajstić information content (AvgIpc) is 1.04. The van der Waals surface area contributed by atoms with Gasteiger partial charge in [0.1, 0.15) is 19.3 Å². The lowest BCUT2D eigenvalue weighted by molar-refractivity contribution is -0.161. The van der Waals surface area contributed by atoms with Gasteiger partial charge in [0.25, 0.3) is 0 Å². The predicted octanol–water partition coefficient (Wildman–Crippen LogP) is 23.1. The Labute approximate surface area is 598 Å². The standard InChI is InChI=1S/C79H148O17P2/c1-5-9-13-17-21-25-29-33-36-40-44-48-52-56-60-64-77(82)90-70-75(96-79(84)66-62-58-54-50-46-42-38-35-31-27-23-19-15-11-7-3)72-94-98(87,88)92-68-73(80)67-91-97(85,86)93-71-74(69-89-76(81)63-59-55-51-47-43-39-32-28-24-20-16-12-8-4)95-78(83)65-61-57-53-49-45-41-37-34-30-26-22-18-14-10-6-2/h26-27,30-31,33,36,73-75,80H,5-25,28-29,32,34-35,37-72H2,1-4H3,(H,85,86)(H,87,88)/b30-26-,31-27-,36-33-/t73-,74+,75+/m0/s1. The predicted molar refractivity (Wildman–Crippen MR) is 400 cm³/mol. The molecule has 98 heavy (non-hydrogen) atoms. The van der Waals surface area contributed by atoms with E-state index < -0.39 is 97.5 Å². The minimum atomic E-state index is -4.97. The van der Waals surface area contributed by atoms with Gasteiger partial charge in [0, 0.05) is 25.7 Å². The van der Waals surface area contributed by atoms with Crippen molar-refractivity contribution < 1.29 is 80.2 Å². The molecule has 0 rings (SSSR count). The molecule has 0 amide bonds. The van der Waals surface area contributed by atoms with Crippen LogP contribution < -0.4 is 0 Å². The molecule has 0 saturated carbocycles. The van der Waals surface area contributed by atoms with Crippen molar-refractivity contribution in [1.29, 1.82) is 0 Å². The SMILES string of the molecule is CCCCCC/C=C\CCCCCCCCCC(=O)O[C@H](COC(=O)CCCCCCC/C=C\CCCCCCCC)COP(=O)(O)OC[C@@H](O)COP(=O)(O)OC[C@@H](COC(=O)CCCCCCCCCCCCCCC)OC(=O)CCCCCCCCC/C=C\CCCCCC. The van der Waals surface area contributed by atoms with E-state index in [0.717, 1.165) is 161 Å². The lowest BCUT2D eigenvalue weighted by atomic mass is 10.0. The van der Waals surface area contributed by atoms with Crippen molar-refractivity contribution in [2.75, 3.05) is 39.6 Å². The normalized spacial score (nSPS) is 14.1. The number of rotatable bonds is 77. The molecule has 0 aromatic rings. The molecule has 0 fully saturated rings.